The first-order chi connectivity index (χ1) is 10.6. The van der Waals surface area contributed by atoms with Crippen LogP contribution >= 0.6 is 0 Å². The summed E-state index contributed by atoms with van der Waals surface area (Å²) in [7, 11) is 0. The van der Waals surface area contributed by atoms with E-state index in [0.29, 0.717) is 25.7 Å². The Bertz CT molecular complexity index is 578. The maximum Gasteiger partial charge on any atom is 0.306 e. The van der Waals surface area contributed by atoms with Crippen molar-refractivity contribution in [3.05, 3.63) is 48.0 Å². The number of ether oxygens (including phenoxy) is 1. The Morgan fingerprint density at radius 1 is 1.32 bits per heavy atom. The SMILES string of the molecule is O=C(/C=C/[C@H]1C(O)CC2OC(=O)CC21)CCc1ccccc1. The third kappa shape index (κ3) is 3.28. The van der Waals surface area contributed by atoms with E-state index in [1.165, 1.54) is 0 Å². The van der Waals surface area contributed by atoms with Crippen LogP contribution in [0.25, 0.3) is 0 Å². The minimum atomic E-state index is -0.527. The number of hydrogen-bond acceptors (Lipinski definition) is 4. The molecule has 0 amide bonds. The van der Waals surface area contributed by atoms with Gasteiger partial charge in [-0.1, -0.05) is 36.4 Å². The van der Waals surface area contributed by atoms with Crippen molar-refractivity contribution in [1.29, 1.82) is 0 Å². The fraction of sp³-hybridized carbons (Fsp3) is 0.444. The molecule has 1 aliphatic carbocycles. The number of carbonyl (C=O) groups excluding carboxylic acids is 2. The van der Waals surface area contributed by atoms with Crippen LogP contribution in [0.3, 0.4) is 0 Å². The van der Waals surface area contributed by atoms with Gasteiger partial charge in [-0.3, -0.25) is 9.59 Å². The summed E-state index contributed by atoms with van der Waals surface area (Å²) in [5.41, 5.74) is 1.14. The Morgan fingerprint density at radius 2 is 2.09 bits per heavy atom. The van der Waals surface area contributed by atoms with Crippen LogP contribution in [0.4, 0.5) is 0 Å². The average molecular weight is 300 g/mol. The van der Waals surface area contributed by atoms with Gasteiger partial charge in [-0.25, -0.2) is 0 Å². The van der Waals surface area contributed by atoms with Crippen LogP contribution < -0.4 is 0 Å². The molecule has 2 aliphatic rings. The topological polar surface area (TPSA) is 63.6 Å². The number of aliphatic hydroxyl groups excluding tert-OH is 1. The molecule has 0 spiro atoms. The first kappa shape index (κ1) is 15.0. The number of aryl methyl sites for hydroxylation is 1. The van der Waals surface area contributed by atoms with E-state index >= 15 is 0 Å². The van der Waals surface area contributed by atoms with Crippen molar-refractivity contribution in [3.63, 3.8) is 0 Å². The number of benzene rings is 1. The lowest BCUT2D eigenvalue weighted by atomic mass is 9.91. The van der Waals surface area contributed by atoms with Crippen molar-refractivity contribution in [1.82, 2.24) is 0 Å². The number of allylic oxidation sites excluding steroid dienone is 1. The Kier molecular flexibility index (Phi) is 4.39. The van der Waals surface area contributed by atoms with Gasteiger partial charge in [0.05, 0.1) is 12.5 Å². The molecule has 0 radical (unpaired) electrons. The zero-order chi connectivity index (χ0) is 15.5. The number of rotatable bonds is 5. The zero-order valence-corrected chi connectivity index (χ0v) is 12.4. The summed E-state index contributed by atoms with van der Waals surface area (Å²) < 4.78 is 5.18. The van der Waals surface area contributed by atoms with Crippen molar-refractivity contribution in [2.75, 3.05) is 0 Å². The minimum Gasteiger partial charge on any atom is -0.462 e. The number of fused-ring (bicyclic) bond motifs is 1. The molecule has 22 heavy (non-hydrogen) atoms. The third-order valence-corrected chi connectivity index (χ3v) is 4.58. The first-order valence-corrected chi connectivity index (χ1v) is 7.76. The summed E-state index contributed by atoms with van der Waals surface area (Å²) in [6.07, 6.45) is 4.60. The summed E-state index contributed by atoms with van der Waals surface area (Å²) >= 11 is 0. The van der Waals surface area contributed by atoms with Gasteiger partial charge in [0.2, 0.25) is 0 Å². The summed E-state index contributed by atoms with van der Waals surface area (Å²) in [4.78, 5) is 23.3. The normalized spacial score (nSPS) is 30.5. The van der Waals surface area contributed by atoms with Crippen LogP contribution in [0, 0.1) is 11.8 Å². The fourth-order valence-corrected chi connectivity index (χ4v) is 3.40. The Morgan fingerprint density at radius 3 is 2.86 bits per heavy atom. The van der Waals surface area contributed by atoms with E-state index in [1.54, 1.807) is 12.2 Å². The maximum absolute atomic E-state index is 12.0. The highest BCUT2D eigenvalue weighted by atomic mass is 16.6. The second-order valence-electron chi connectivity index (χ2n) is 6.09. The van der Waals surface area contributed by atoms with Gasteiger partial charge in [-0.2, -0.15) is 0 Å². The predicted molar refractivity (Wildman–Crippen MR) is 81.0 cm³/mol. The average Bonchev–Trinajstić information content (AvgIpc) is 2.99. The Balaban J connectivity index is 1.54. The molecule has 1 saturated heterocycles. The van der Waals surface area contributed by atoms with Crippen LogP contribution in [0.2, 0.25) is 0 Å². The molecular weight excluding hydrogens is 280 g/mol. The second-order valence-corrected chi connectivity index (χ2v) is 6.09. The van der Waals surface area contributed by atoms with E-state index in [4.69, 9.17) is 4.74 Å². The molecule has 1 aromatic rings. The number of esters is 1. The van der Waals surface area contributed by atoms with E-state index in [-0.39, 0.29) is 29.7 Å². The molecule has 2 fully saturated rings. The smallest absolute Gasteiger partial charge is 0.306 e. The number of aliphatic hydroxyl groups is 1. The van der Waals surface area contributed by atoms with Gasteiger partial charge in [0, 0.05) is 24.7 Å². The summed E-state index contributed by atoms with van der Waals surface area (Å²) in [5.74, 6) is -0.293. The van der Waals surface area contributed by atoms with E-state index in [9.17, 15) is 14.7 Å². The minimum absolute atomic E-state index is 0.0145. The van der Waals surface area contributed by atoms with Gasteiger partial charge in [0.1, 0.15) is 6.10 Å². The first-order valence-electron chi connectivity index (χ1n) is 7.76. The van der Waals surface area contributed by atoms with Crippen molar-refractivity contribution < 1.29 is 19.4 Å². The molecular formula is C18H20O4. The van der Waals surface area contributed by atoms with Gasteiger partial charge in [0.15, 0.2) is 5.78 Å². The van der Waals surface area contributed by atoms with Gasteiger partial charge in [-0.15, -0.1) is 0 Å². The molecule has 4 nitrogen and oxygen atoms in total. The highest BCUT2D eigenvalue weighted by Crippen LogP contribution is 2.41. The molecule has 4 heteroatoms. The maximum atomic E-state index is 12.0. The van der Waals surface area contributed by atoms with Crippen molar-refractivity contribution in [2.45, 2.75) is 37.9 Å². The van der Waals surface area contributed by atoms with E-state index in [0.717, 1.165) is 5.56 Å². The molecule has 0 aromatic heterocycles. The number of carbonyl (C=O) groups is 2. The Labute approximate surface area is 129 Å². The van der Waals surface area contributed by atoms with Crippen molar-refractivity contribution in [2.24, 2.45) is 11.8 Å². The number of hydrogen-bond donors (Lipinski definition) is 1. The molecule has 4 atom stereocenters. The largest absolute Gasteiger partial charge is 0.462 e. The van der Waals surface area contributed by atoms with Crippen LogP contribution in [0.5, 0.6) is 0 Å². The van der Waals surface area contributed by atoms with Crippen LogP contribution in [0.1, 0.15) is 24.8 Å². The van der Waals surface area contributed by atoms with Crippen LogP contribution in [-0.4, -0.2) is 29.1 Å². The van der Waals surface area contributed by atoms with Crippen molar-refractivity contribution in [3.8, 4) is 0 Å². The highest BCUT2D eigenvalue weighted by molar-refractivity contribution is 5.89. The summed E-state index contributed by atoms with van der Waals surface area (Å²) in [6, 6.07) is 9.88. The summed E-state index contributed by atoms with van der Waals surface area (Å²) in [5, 5.41) is 10.0. The fourth-order valence-electron chi connectivity index (χ4n) is 3.40. The zero-order valence-electron chi connectivity index (χ0n) is 12.4. The molecule has 3 rings (SSSR count). The molecule has 1 N–H and O–H groups in total. The van der Waals surface area contributed by atoms with Gasteiger partial charge in [-0.05, 0) is 18.1 Å². The molecule has 1 saturated carbocycles. The molecule has 1 heterocycles. The third-order valence-electron chi connectivity index (χ3n) is 4.58. The lowest BCUT2D eigenvalue weighted by Crippen LogP contribution is -2.18. The van der Waals surface area contributed by atoms with Gasteiger partial charge in [0.25, 0.3) is 0 Å². The van der Waals surface area contributed by atoms with Crippen LogP contribution in [0.15, 0.2) is 42.5 Å². The quantitative estimate of drug-likeness (QED) is 0.668. The van der Waals surface area contributed by atoms with Gasteiger partial charge >= 0.3 is 5.97 Å². The molecule has 0 bridgehead atoms. The van der Waals surface area contributed by atoms with E-state index in [1.807, 2.05) is 30.3 Å². The lowest BCUT2D eigenvalue weighted by Gasteiger charge is -2.14. The number of ketones is 1. The van der Waals surface area contributed by atoms with E-state index < -0.39 is 6.10 Å². The van der Waals surface area contributed by atoms with Gasteiger partial charge < -0.3 is 9.84 Å². The predicted octanol–water partition coefficient (Wildman–Crippen LogP) is 2.06. The summed E-state index contributed by atoms with van der Waals surface area (Å²) in [6.45, 7) is 0. The highest BCUT2D eigenvalue weighted by Gasteiger charge is 2.48. The Hall–Kier alpha value is -1.94. The monoisotopic (exact) mass is 300 g/mol. The molecule has 116 valence electrons. The molecule has 1 aliphatic heterocycles. The second kappa shape index (κ2) is 6.44. The van der Waals surface area contributed by atoms with Crippen LogP contribution in [-0.2, 0) is 20.7 Å². The van der Waals surface area contributed by atoms with E-state index in [2.05, 4.69) is 0 Å². The van der Waals surface area contributed by atoms with Crippen molar-refractivity contribution >= 4 is 11.8 Å². The lowest BCUT2D eigenvalue weighted by molar-refractivity contribution is -0.141. The molecule has 3 unspecified atom stereocenters. The molecule has 1 aromatic carbocycles. The standard InChI is InChI=1S/C18H20O4/c19-13(7-6-12-4-2-1-3-5-12)8-9-14-15-10-18(21)22-17(15)11-16(14)20/h1-5,8-9,14-17,20H,6-7,10-11H2/b9-8+/t14-,15?,16?,17?/m1/s1.